The molecule has 0 aliphatic rings. The molecule has 0 aliphatic heterocycles. The van der Waals surface area contributed by atoms with Gasteiger partial charge in [0.25, 0.3) is 0 Å². The van der Waals surface area contributed by atoms with Crippen LogP contribution in [0.2, 0.25) is 0 Å². The average Bonchev–Trinajstić information content (AvgIpc) is 1.02. The van der Waals surface area contributed by atoms with E-state index in [0.717, 1.165) is 102 Å². The highest BCUT2D eigenvalue weighted by molar-refractivity contribution is 7.47. The molecule has 3 N–H and O–H groups in total. The SMILES string of the molecule is CCCCCCCCCCCCCCCCCCCCCCC(=O)O[C@H](COC(=O)CCCCCCCCCCCCCCC)COP(=O)(O)OC[C@@H](O)COP(=O)(O)OC[C@@H](COC(=O)CCCCCCCCCCCC(C)C)OC(=O)CCCCCCCCCCCC(C)C. The molecule has 0 amide bonds. The van der Waals surface area contributed by atoms with Crippen LogP contribution in [0, 0.1) is 11.8 Å². The summed E-state index contributed by atoms with van der Waals surface area (Å²) in [5, 5.41) is 10.6. The molecule has 0 aliphatic carbocycles. The first-order valence-corrected chi connectivity index (χ1v) is 43.5. The predicted molar refractivity (Wildman–Crippen MR) is 395 cm³/mol. The maximum atomic E-state index is 13.1. The lowest BCUT2D eigenvalue weighted by Gasteiger charge is -2.21. The number of esters is 4. The van der Waals surface area contributed by atoms with Crippen molar-refractivity contribution in [1.82, 2.24) is 0 Å². The molecule has 0 saturated carbocycles. The molecule has 5 atom stereocenters. The standard InChI is InChI=1S/C78H152O17P2/c1-7-9-11-13-15-17-19-21-22-23-24-25-26-27-29-31-37-44-50-56-62-77(82)94-73(66-88-75(80)60-54-48-42-36-30-28-20-18-16-14-12-10-8-2)68-92-96(84,85)90-64-72(79)65-91-97(86,87)93-69-74(95-78(83)63-57-51-45-39-33-35-41-47-53-59-71(5)6)67-89-76(81)61-55-49-43-38-32-34-40-46-52-58-70(3)4/h70-74,79H,7-69H2,1-6H3,(H,84,85)(H,86,87)/t72-,73-,74-/m1/s1. The lowest BCUT2D eigenvalue weighted by atomic mass is 10.0. The topological polar surface area (TPSA) is 237 Å². The molecule has 0 aromatic carbocycles. The van der Waals surface area contributed by atoms with Gasteiger partial charge in [0.15, 0.2) is 12.2 Å². The molecule has 97 heavy (non-hydrogen) atoms. The van der Waals surface area contributed by atoms with Crippen LogP contribution in [0.5, 0.6) is 0 Å². The Morgan fingerprint density at radius 1 is 0.278 bits per heavy atom. The highest BCUT2D eigenvalue weighted by Gasteiger charge is 2.30. The molecular weight excluding hydrogens is 1270 g/mol. The molecule has 0 spiro atoms. The van der Waals surface area contributed by atoms with Crippen molar-refractivity contribution in [2.75, 3.05) is 39.6 Å². The summed E-state index contributed by atoms with van der Waals surface area (Å²) in [6, 6.07) is 0. The second-order valence-electron chi connectivity index (χ2n) is 29.1. The highest BCUT2D eigenvalue weighted by atomic mass is 31.2. The Balaban J connectivity index is 5.23. The van der Waals surface area contributed by atoms with E-state index >= 15 is 0 Å². The minimum atomic E-state index is -4.96. The summed E-state index contributed by atoms with van der Waals surface area (Å²) < 4.78 is 68.6. The van der Waals surface area contributed by atoms with Gasteiger partial charge in [-0.1, -0.05) is 356 Å². The largest absolute Gasteiger partial charge is 0.472 e. The van der Waals surface area contributed by atoms with Crippen LogP contribution < -0.4 is 0 Å². The number of hydrogen-bond donors (Lipinski definition) is 3. The van der Waals surface area contributed by atoms with Gasteiger partial charge in [-0.25, -0.2) is 9.13 Å². The zero-order chi connectivity index (χ0) is 71.4. The van der Waals surface area contributed by atoms with E-state index in [1.165, 1.54) is 225 Å². The Morgan fingerprint density at radius 3 is 0.701 bits per heavy atom. The van der Waals surface area contributed by atoms with E-state index in [4.69, 9.17) is 37.0 Å². The summed E-state index contributed by atoms with van der Waals surface area (Å²) >= 11 is 0. The summed E-state index contributed by atoms with van der Waals surface area (Å²) in [5.74, 6) is -0.633. The Morgan fingerprint density at radius 2 is 0.474 bits per heavy atom. The molecule has 17 nitrogen and oxygen atoms in total. The monoisotopic (exact) mass is 1420 g/mol. The van der Waals surface area contributed by atoms with Crippen LogP contribution in [0.4, 0.5) is 0 Å². The molecule has 2 unspecified atom stereocenters. The Hall–Kier alpha value is -1.94. The normalized spacial score (nSPS) is 14.0. The molecule has 576 valence electrons. The van der Waals surface area contributed by atoms with Crippen molar-refractivity contribution in [1.29, 1.82) is 0 Å². The average molecular weight is 1420 g/mol. The van der Waals surface area contributed by atoms with E-state index in [0.29, 0.717) is 25.7 Å². The summed E-state index contributed by atoms with van der Waals surface area (Å²) in [7, 11) is -9.91. The van der Waals surface area contributed by atoms with E-state index in [2.05, 4.69) is 41.5 Å². The second kappa shape index (κ2) is 69.8. The lowest BCUT2D eigenvalue weighted by Crippen LogP contribution is -2.30. The summed E-state index contributed by atoms with van der Waals surface area (Å²) in [6.07, 6.45) is 58.3. The number of phosphoric ester groups is 2. The number of aliphatic hydroxyl groups excluding tert-OH is 1. The minimum absolute atomic E-state index is 0.105. The molecule has 0 aromatic rings. The van der Waals surface area contributed by atoms with Crippen molar-refractivity contribution >= 4 is 39.5 Å². The van der Waals surface area contributed by atoms with Crippen molar-refractivity contribution < 1.29 is 80.2 Å². The van der Waals surface area contributed by atoms with Gasteiger partial charge in [0.1, 0.15) is 19.3 Å². The lowest BCUT2D eigenvalue weighted by molar-refractivity contribution is -0.161. The number of phosphoric acid groups is 2. The molecule has 0 heterocycles. The molecule has 0 bridgehead atoms. The first-order chi connectivity index (χ1) is 46.9. The van der Waals surface area contributed by atoms with Gasteiger partial charge in [0.2, 0.25) is 0 Å². The third-order valence-corrected chi connectivity index (χ3v) is 20.1. The predicted octanol–water partition coefficient (Wildman–Crippen LogP) is 23.1. The van der Waals surface area contributed by atoms with Gasteiger partial charge < -0.3 is 33.8 Å². The molecule has 0 fully saturated rings. The fraction of sp³-hybridized carbons (Fsp3) is 0.949. The third kappa shape index (κ3) is 72.2. The van der Waals surface area contributed by atoms with Crippen LogP contribution in [-0.2, 0) is 65.4 Å². The molecular formula is C78H152O17P2. The maximum Gasteiger partial charge on any atom is 0.472 e. The van der Waals surface area contributed by atoms with Crippen molar-refractivity contribution in [3.63, 3.8) is 0 Å². The van der Waals surface area contributed by atoms with Gasteiger partial charge in [-0.15, -0.1) is 0 Å². The van der Waals surface area contributed by atoms with Gasteiger partial charge in [0, 0.05) is 25.7 Å². The molecule has 0 saturated heterocycles. The zero-order valence-corrected chi connectivity index (χ0v) is 65.2. The van der Waals surface area contributed by atoms with E-state index < -0.39 is 97.5 Å². The zero-order valence-electron chi connectivity index (χ0n) is 63.4. The molecule has 0 rings (SSSR count). The Kier molecular flexibility index (Phi) is 68.4. The van der Waals surface area contributed by atoms with E-state index in [1.54, 1.807) is 0 Å². The number of unbranched alkanes of at least 4 members (excludes halogenated alkanes) is 47. The van der Waals surface area contributed by atoms with Gasteiger partial charge in [0.05, 0.1) is 26.4 Å². The van der Waals surface area contributed by atoms with Crippen molar-refractivity contribution in [3.8, 4) is 0 Å². The van der Waals surface area contributed by atoms with Gasteiger partial charge in [-0.05, 0) is 37.5 Å². The fourth-order valence-electron chi connectivity index (χ4n) is 12.0. The van der Waals surface area contributed by atoms with Crippen LogP contribution in [0.1, 0.15) is 408 Å². The van der Waals surface area contributed by atoms with Gasteiger partial charge >= 0.3 is 39.5 Å². The van der Waals surface area contributed by atoms with Crippen LogP contribution in [0.25, 0.3) is 0 Å². The van der Waals surface area contributed by atoms with Crippen LogP contribution in [-0.4, -0.2) is 96.7 Å². The smallest absolute Gasteiger partial charge is 0.462 e. The second-order valence-corrected chi connectivity index (χ2v) is 32.0. The summed E-state index contributed by atoms with van der Waals surface area (Å²) in [6.45, 7) is 9.57. The van der Waals surface area contributed by atoms with E-state index in [9.17, 15) is 43.2 Å². The Labute approximate surface area is 594 Å². The first kappa shape index (κ1) is 95.1. The fourth-order valence-corrected chi connectivity index (χ4v) is 13.6. The molecule has 0 aromatic heterocycles. The number of carbonyl (C=O) groups excluding carboxylic acids is 4. The number of ether oxygens (including phenoxy) is 4. The first-order valence-electron chi connectivity index (χ1n) is 40.5. The quantitative estimate of drug-likeness (QED) is 0.0222. The van der Waals surface area contributed by atoms with E-state index in [1.807, 2.05) is 0 Å². The Bertz CT molecular complexity index is 1870. The number of rotatable bonds is 77. The number of aliphatic hydroxyl groups is 1. The van der Waals surface area contributed by atoms with Crippen molar-refractivity contribution in [3.05, 3.63) is 0 Å². The highest BCUT2D eigenvalue weighted by Crippen LogP contribution is 2.45. The number of hydrogen-bond acceptors (Lipinski definition) is 15. The summed E-state index contributed by atoms with van der Waals surface area (Å²) in [4.78, 5) is 72.9. The van der Waals surface area contributed by atoms with E-state index in [-0.39, 0.29) is 25.7 Å². The van der Waals surface area contributed by atoms with Crippen molar-refractivity contribution in [2.24, 2.45) is 11.8 Å². The van der Waals surface area contributed by atoms with Gasteiger partial charge in [-0.3, -0.25) is 37.3 Å². The molecule has 0 radical (unpaired) electrons. The minimum Gasteiger partial charge on any atom is -0.462 e. The van der Waals surface area contributed by atoms with Crippen molar-refractivity contribution in [2.45, 2.75) is 426 Å². The van der Waals surface area contributed by atoms with Crippen LogP contribution in [0.15, 0.2) is 0 Å². The van der Waals surface area contributed by atoms with Crippen LogP contribution in [0.3, 0.4) is 0 Å². The molecule has 19 heteroatoms. The van der Waals surface area contributed by atoms with Crippen LogP contribution >= 0.6 is 15.6 Å². The summed E-state index contributed by atoms with van der Waals surface area (Å²) in [5.41, 5.74) is 0. The van der Waals surface area contributed by atoms with Gasteiger partial charge in [-0.2, -0.15) is 0 Å². The maximum absolute atomic E-state index is 13.1. The third-order valence-electron chi connectivity index (χ3n) is 18.2. The number of carbonyl (C=O) groups is 4.